The number of alkyl halides is 2. The lowest BCUT2D eigenvalue weighted by molar-refractivity contribution is -0.142. The lowest BCUT2D eigenvalue weighted by Crippen LogP contribution is -2.10. The first kappa shape index (κ1) is 14.8. The molecule has 0 fully saturated rings. The van der Waals surface area contributed by atoms with Gasteiger partial charge >= 0.3 is 5.97 Å². The maximum Gasteiger partial charge on any atom is 0.311 e. The zero-order chi connectivity index (χ0) is 13.7. The quantitative estimate of drug-likeness (QED) is 0.782. The second-order valence-corrected chi connectivity index (χ2v) is 4.16. The molecule has 0 aliphatic rings. The van der Waals surface area contributed by atoms with Gasteiger partial charge in [0.25, 0.3) is 6.43 Å². The van der Waals surface area contributed by atoms with Crippen LogP contribution in [0.25, 0.3) is 0 Å². The van der Waals surface area contributed by atoms with E-state index in [4.69, 9.17) is 9.47 Å². The molecule has 0 saturated carbocycles. The van der Waals surface area contributed by atoms with Gasteiger partial charge in [-0.05, 0) is 13.0 Å². The van der Waals surface area contributed by atoms with Crippen molar-refractivity contribution in [3.63, 3.8) is 0 Å². The highest BCUT2D eigenvalue weighted by atomic mass is 79.9. The van der Waals surface area contributed by atoms with Crippen molar-refractivity contribution >= 4 is 21.9 Å². The van der Waals surface area contributed by atoms with Crippen LogP contribution >= 0.6 is 15.9 Å². The van der Waals surface area contributed by atoms with Gasteiger partial charge in [-0.1, -0.05) is 15.9 Å². The van der Waals surface area contributed by atoms with E-state index < -0.39 is 12.4 Å². The Morgan fingerprint density at radius 2 is 2.22 bits per heavy atom. The molecule has 7 heteroatoms. The Morgan fingerprint density at radius 1 is 1.56 bits per heavy atom. The van der Waals surface area contributed by atoms with Gasteiger partial charge in [-0.15, -0.1) is 0 Å². The summed E-state index contributed by atoms with van der Waals surface area (Å²) in [7, 11) is 1.24. The zero-order valence-electron chi connectivity index (χ0n) is 9.87. The van der Waals surface area contributed by atoms with E-state index in [1.165, 1.54) is 13.2 Å². The molecular formula is C11H12BrF2NO3. The molecule has 0 radical (unpaired) electrons. The lowest BCUT2D eigenvalue weighted by atomic mass is 10.2. The van der Waals surface area contributed by atoms with Gasteiger partial charge in [-0.2, -0.15) is 0 Å². The number of halogens is 3. The SMILES string of the molecule is CCOC(=O)Cc1cc(Br)c(C(F)F)c(OC)n1. The van der Waals surface area contributed by atoms with Crippen molar-refractivity contribution in [2.45, 2.75) is 19.8 Å². The smallest absolute Gasteiger partial charge is 0.311 e. The number of hydrogen-bond acceptors (Lipinski definition) is 4. The molecule has 0 unspecified atom stereocenters. The van der Waals surface area contributed by atoms with E-state index >= 15 is 0 Å². The highest BCUT2D eigenvalue weighted by Gasteiger charge is 2.21. The summed E-state index contributed by atoms with van der Waals surface area (Å²) in [6, 6.07) is 1.36. The van der Waals surface area contributed by atoms with Crippen LogP contribution in [-0.4, -0.2) is 24.7 Å². The van der Waals surface area contributed by atoms with Crippen LogP contribution in [0.2, 0.25) is 0 Å². The van der Waals surface area contributed by atoms with Gasteiger partial charge in [0.05, 0.1) is 31.4 Å². The second-order valence-electron chi connectivity index (χ2n) is 3.30. The summed E-state index contributed by atoms with van der Waals surface area (Å²) < 4.78 is 35.2. The van der Waals surface area contributed by atoms with Crippen LogP contribution in [0.5, 0.6) is 5.88 Å². The van der Waals surface area contributed by atoms with E-state index in [-0.39, 0.29) is 28.9 Å². The molecule has 0 saturated heterocycles. The highest BCUT2D eigenvalue weighted by molar-refractivity contribution is 9.10. The largest absolute Gasteiger partial charge is 0.481 e. The normalized spacial score (nSPS) is 10.6. The van der Waals surface area contributed by atoms with E-state index in [1.807, 2.05) is 0 Å². The summed E-state index contributed by atoms with van der Waals surface area (Å²) in [5, 5.41) is 0. The summed E-state index contributed by atoms with van der Waals surface area (Å²) in [5.74, 6) is -0.664. The minimum atomic E-state index is -2.71. The average Bonchev–Trinajstić information content (AvgIpc) is 2.27. The first-order valence-electron chi connectivity index (χ1n) is 5.16. The van der Waals surface area contributed by atoms with Crippen LogP contribution in [-0.2, 0) is 16.0 Å². The number of rotatable bonds is 5. The number of ether oxygens (including phenoxy) is 2. The molecule has 1 aromatic heterocycles. The van der Waals surface area contributed by atoms with E-state index in [1.54, 1.807) is 6.92 Å². The van der Waals surface area contributed by atoms with Gasteiger partial charge in [-0.3, -0.25) is 4.79 Å². The van der Waals surface area contributed by atoms with E-state index in [0.717, 1.165) is 0 Å². The van der Waals surface area contributed by atoms with Gasteiger partial charge in [0.2, 0.25) is 5.88 Å². The van der Waals surface area contributed by atoms with Crippen molar-refractivity contribution in [2.75, 3.05) is 13.7 Å². The fourth-order valence-electron chi connectivity index (χ4n) is 1.35. The fraction of sp³-hybridized carbons (Fsp3) is 0.455. The Balaban J connectivity index is 3.03. The Morgan fingerprint density at radius 3 is 2.72 bits per heavy atom. The Bertz CT molecular complexity index is 441. The molecule has 18 heavy (non-hydrogen) atoms. The summed E-state index contributed by atoms with van der Waals surface area (Å²) in [6.45, 7) is 1.94. The molecule has 0 spiro atoms. The number of aromatic nitrogens is 1. The highest BCUT2D eigenvalue weighted by Crippen LogP contribution is 2.34. The molecule has 1 heterocycles. The number of nitrogens with zero attached hydrogens (tertiary/aromatic N) is 1. The second kappa shape index (κ2) is 6.63. The first-order chi connectivity index (χ1) is 8.49. The number of methoxy groups -OCH3 is 1. The maximum atomic E-state index is 12.7. The molecule has 0 aliphatic heterocycles. The van der Waals surface area contributed by atoms with E-state index in [2.05, 4.69) is 20.9 Å². The third kappa shape index (κ3) is 3.63. The van der Waals surface area contributed by atoms with E-state index in [9.17, 15) is 13.6 Å². The van der Waals surface area contributed by atoms with Gasteiger partial charge in [0, 0.05) is 4.47 Å². The molecule has 0 atom stereocenters. The topological polar surface area (TPSA) is 48.4 Å². The maximum absolute atomic E-state index is 12.7. The third-order valence-electron chi connectivity index (χ3n) is 2.07. The summed E-state index contributed by atoms with van der Waals surface area (Å²) >= 11 is 3.02. The standard InChI is InChI=1S/C11H12BrF2NO3/c1-3-18-8(16)5-6-4-7(12)9(10(13)14)11(15-6)17-2/h4,10H,3,5H2,1-2H3. The van der Waals surface area contributed by atoms with Crippen LogP contribution in [0.15, 0.2) is 10.5 Å². The van der Waals surface area contributed by atoms with E-state index in [0.29, 0.717) is 5.69 Å². The first-order valence-corrected chi connectivity index (χ1v) is 5.96. The van der Waals surface area contributed by atoms with Gasteiger partial charge in [0.15, 0.2) is 0 Å². The van der Waals surface area contributed by atoms with Crippen molar-refractivity contribution in [1.29, 1.82) is 0 Å². The molecule has 0 aliphatic carbocycles. The van der Waals surface area contributed by atoms with Crippen LogP contribution < -0.4 is 4.74 Å². The Kier molecular flexibility index (Phi) is 5.46. The monoisotopic (exact) mass is 323 g/mol. The molecule has 0 N–H and O–H groups in total. The Hall–Kier alpha value is -1.24. The van der Waals surface area contributed by atoms with Crippen molar-refractivity contribution in [2.24, 2.45) is 0 Å². The predicted octanol–water partition coefficient (Wildman–Crippen LogP) is 2.90. The average molecular weight is 324 g/mol. The molecule has 0 bridgehead atoms. The fourth-order valence-corrected chi connectivity index (χ4v) is 1.96. The predicted molar refractivity (Wildman–Crippen MR) is 63.8 cm³/mol. The minimum absolute atomic E-state index is 0.0910. The van der Waals surface area contributed by atoms with Gasteiger partial charge in [0.1, 0.15) is 0 Å². The van der Waals surface area contributed by atoms with Crippen LogP contribution in [0, 0.1) is 0 Å². The van der Waals surface area contributed by atoms with Crippen molar-refractivity contribution < 1.29 is 23.0 Å². The molecule has 1 aromatic rings. The molecule has 0 aromatic carbocycles. The number of pyridine rings is 1. The lowest BCUT2D eigenvalue weighted by Gasteiger charge is -2.11. The number of carbonyl (C=O) groups is 1. The van der Waals surface area contributed by atoms with Crippen LogP contribution in [0.1, 0.15) is 24.6 Å². The number of esters is 1. The van der Waals surface area contributed by atoms with Crippen molar-refractivity contribution in [3.8, 4) is 5.88 Å². The van der Waals surface area contributed by atoms with Gasteiger partial charge in [-0.25, -0.2) is 13.8 Å². The summed E-state index contributed by atoms with van der Waals surface area (Å²) in [6.07, 6.45) is -2.80. The summed E-state index contributed by atoms with van der Waals surface area (Å²) in [5.41, 5.74) is -0.0216. The molecule has 0 amide bonds. The molecule has 100 valence electrons. The van der Waals surface area contributed by atoms with Gasteiger partial charge < -0.3 is 9.47 Å². The molecular weight excluding hydrogens is 312 g/mol. The summed E-state index contributed by atoms with van der Waals surface area (Å²) in [4.78, 5) is 15.1. The van der Waals surface area contributed by atoms with Crippen LogP contribution in [0.3, 0.4) is 0 Å². The van der Waals surface area contributed by atoms with Crippen molar-refractivity contribution in [3.05, 3.63) is 21.8 Å². The minimum Gasteiger partial charge on any atom is -0.481 e. The van der Waals surface area contributed by atoms with Crippen LogP contribution in [0.4, 0.5) is 8.78 Å². The number of hydrogen-bond donors (Lipinski definition) is 0. The zero-order valence-corrected chi connectivity index (χ0v) is 11.5. The molecule has 4 nitrogen and oxygen atoms in total. The molecule has 1 rings (SSSR count). The van der Waals surface area contributed by atoms with Crippen molar-refractivity contribution in [1.82, 2.24) is 4.98 Å². The number of carbonyl (C=O) groups excluding carboxylic acids is 1. The third-order valence-corrected chi connectivity index (χ3v) is 2.72. The Labute approximate surface area is 111 Å².